The smallest absolute Gasteiger partial charge is 0.258 e. The Labute approximate surface area is 391 Å². The van der Waals surface area contributed by atoms with Crippen LogP contribution < -0.4 is 37.9 Å². The van der Waals surface area contributed by atoms with Gasteiger partial charge in [-0.1, -0.05) is 31.2 Å². The predicted octanol–water partition coefficient (Wildman–Crippen LogP) is 10.9. The third kappa shape index (κ3) is 7.15. The highest BCUT2D eigenvalue weighted by molar-refractivity contribution is 6.54. The van der Waals surface area contributed by atoms with E-state index in [9.17, 15) is 0 Å². The molecule has 3 atom stereocenters. The van der Waals surface area contributed by atoms with Gasteiger partial charge in [-0.05, 0) is 139 Å². The molecule has 4 heterocycles. The lowest BCUT2D eigenvalue weighted by Gasteiger charge is -2.39. The summed E-state index contributed by atoms with van der Waals surface area (Å²) in [6, 6.07) is 23.9. The second kappa shape index (κ2) is 17.5. The first-order valence-corrected chi connectivity index (χ1v) is 22.8. The molecule has 4 bridgehead atoms. The van der Waals surface area contributed by atoms with Crippen LogP contribution in [0.4, 0.5) is 0 Å². The number of methoxy groups -OCH3 is 8. The molecule has 3 aliphatic heterocycles. The average molecular weight is 901 g/mol. The Balaban J connectivity index is 1.42. The molecule has 0 amide bonds. The highest BCUT2D eigenvalue weighted by Gasteiger charge is 2.51. The largest absolute Gasteiger partial charge is 0.493 e. The fraction of sp³-hybridized carbons (Fsp3) is 0.327. The highest BCUT2D eigenvalue weighted by atomic mass is 16.5. The van der Waals surface area contributed by atoms with Gasteiger partial charge in [-0.2, -0.15) is 0 Å². The van der Waals surface area contributed by atoms with Crippen molar-refractivity contribution < 1.29 is 37.9 Å². The molecule has 1 spiro atoms. The van der Waals surface area contributed by atoms with E-state index in [0.717, 1.165) is 77.1 Å². The summed E-state index contributed by atoms with van der Waals surface area (Å²) in [4.78, 5) is 18.1. The van der Waals surface area contributed by atoms with Gasteiger partial charge in [0.1, 0.15) is 5.82 Å². The van der Waals surface area contributed by atoms with Crippen molar-refractivity contribution in [2.45, 2.75) is 44.8 Å². The number of nitrogens with zero attached hydrogens (tertiary/aromatic N) is 4. The Bertz CT molecular complexity index is 2920. The van der Waals surface area contributed by atoms with E-state index in [4.69, 9.17) is 52.9 Å². The van der Waals surface area contributed by atoms with E-state index >= 15 is 0 Å². The molecule has 5 aliphatic rings. The number of imidazole rings is 1. The van der Waals surface area contributed by atoms with E-state index in [-0.39, 0.29) is 11.8 Å². The van der Waals surface area contributed by atoms with Gasteiger partial charge < -0.3 is 37.9 Å². The quantitative estimate of drug-likeness (QED) is 0.121. The van der Waals surface area contributed by atoms with Gasteiger partial charge in [-0.15, -0.1) is 0 Å². The van der Waals surface area contributed by atoms with Crippen LogP contribution in [0.1, 0.15) is 56.0 Å². The zero-order valence-electron chi connectivity index (χ0n) is 39.6. The minimum atomic E-state index is -1.41. The van der Waals surface area contributed by atoms with Crippen molar-refractivity contribution >= 4 is 17.0 Å². The van der Waals surface area contributed by atoms with E-state index in [1.807, 2.05) is 66.7 Å². The second-order valence-electron chi connectivity index (χ2n) is 17.5. The monoisotopic (exact) mass is 900 g/mol. The average Bonchev–Trinajstić information content (AvgIpc) is 3.98. The van der Waals surface area contributed by atoms with Crippen molar-refractivity contribution in [3.8, 4) is 68.5 Å². The van der Waals surface area contributed by atoms with Crippen molar-refractivity contribution in [2.75, 3.05) is 56.9 Å². The summed E-state index contributed by atoms with van der Waals surface area (Å²) in [5.41, 5.74) is 11.0. The Kier molecular flexibility index (Phi) is 11.4. The molecule has 0 fully saturated rings. The van der Waals surface area contributed by atoms with Crippen LogP contribution in [0.3, 0.4) is 0 Å². The van der Waals surface area contributed by atoms with Gasteiger partial charge >= 0.3 is 0 Å². The lowest BCUT2D eigenvalue weighted by molar-refractivity contribution is 0.306. The van der Waals surface area contributed by atoms with Crippen LogP contribution in [0, 0.1) is 17.8 Å². The fourth-order valence-electron chi connectivity index (χ4n) is 10.8. The third-order valence-electron chi connectivity index (χ3n) is 14.2. The molecule has 0 saturated heterocycles. The number of allylic oxidation sites excluding steroid dienone is 7. The van der Waals surface area contributed by atoms with E-state index in [2.05, 4.69) is 41.9 Å². The van der Waals surface area contributed by atoms with Crippen LogP contribution in [0.2, 0.25) is 0 Å². The van der Waals surface area contributed by atoms with E-state index in [1.165, 1.54) is 16.7 Å². The van der Waals surface area contributed by atoms with E-state index in [1.54, 1.807) is 56.9 Å². The van der Waals surface area contributed by atoms with Gasteiger partial charge in [0.05, 0.1) is 79.7 Å². The Morgan fingerprint density at radius 1 is 0.522 bits per heavy atom. The van der Waals surface area contributed by atoms with Crippen LogP contribution in [0.15, 0.2) is 124 Å². The van der Waals surface area contributed by atoms with Gasteiger partial charge in [0.25, 0.3) is 5.79 Å². The summed E-state index contributed by atoms with van der Waals surface area (Å²) in [5, 5.41) is 0. The van der Waals surface area contributed by atoms with Crippen LogP contribution in [0.5, 0.6) is 46.0 Å². The normalized spacial score (nSPS) is 19.9. The van der Waals surface area contributed by atoms with Crippen molar-refractivity contribution in [3.05, 3.63) is 131 Å². The summed E-state index contributed by atoms with van der Waals surface area (Å²) >= 11 is 0. The van der Waals surface area contributed by atoms with Crippen LogP contribution in [-0.4, -0.2) is 77.9 Å². The molecular weight excluding hydrogens is 845 g/mol. The molecule has 3 unspecified atom stereocenters. The maximum absolute atomic E-state index is 6.14. The number of rotatable bonds is 12. The number of aromatic nitrogens is 2. The van der Waals surface area contributed by atoms with Gasteiger partial charge in [0.15, 0.2) is 46.0 Å². The summed E-state index contributed by atoms with van der Waals surface area (Å²) in [7, 11) is 13.2. The summed E-state index contributed by atoms with van der Waals surface area (Å²) in [5.74, 6) is 4.73. The topological polar surface area (TPSA) is 116 Å². The molecule has 4 aromatic carbocycles. The molecule has 67 heavy (non-hydrogen) atoms. The molecule has 0 N–H and O–H groups in total. The summed E-state index contributed by atoms with van der Waals surface area (Å²) in [6.45, 7) is 2.37. The molecule has 2 aliphatic carbocycles. The van der Waals surface area contributed by atoms with E-state index in [0.29, 0.717) is 63.3 Å². The first kappa shape index (κ1) is 43.7. The number of hydrogen-bond acceptors (Lipinski definition) is 11. The lowest BCUT2D eigenvalue weighted by Crippen LogP contribution is -2.38. The molecular formula is C55H56N4O8. The molecule has 10 rings (SSSR count). The van der Waals surface area contributed by atoms with Gasteiger partial charge in [0, 0.05) is 27.8 Å². The first-order chi connectivity index (χ1) is 32.7. The van der Waals surface area contributed by atoms with Crippen molar-refractivity contribution in [1.82, 2.24) is 9.55 Å². The Morgan fingerprint density at radius 2 is 0.985 bits per heavy atom. The molecule has 5 aromatic rings. The number of hydrogen-bond donors (Lipinski definition) is 0. The number of aliphatic imine (C=N–C) groups is 2. The lowest BCUT2D eigenvalue weighted by atomic mass is 9.72. The number of benzene rings is 4. The third-order valence-corrected chi connectivity index (χ3v) is 14.2. The minimum absolute atomic E-state index is 0.0362. The SMILES string of the molecule is COc1ccc(C2=NC3(N=C2c2ccc(OC)c(OC)c2)C2=C4C=CC(CCC5C=CC(=C(C5)c5nc(-c6ccc(OC)c(OC)c6)c(-c6ccc(OC)c(OC)c6)n53)CC4)C2C)cc1OC. The molecule has 12 heteroatoms. The summed E-state index contributed by atoms with van der Waals surface area (Å²) < 4.78 is 49.4. The number of fused-ring (bicyclic) bond motifs is 2. The van der Waals surface area contributed by atoms with Crippen LogP contribution in [-0.2, 0) is 5.79 Å². The zero-order chi connectivity index (χ0) is 46.6. The number of ether oxygens (including phenoxy) is 8. The van der Waals surface area contributed by atoms with Gasteiger partial charge in [-0.25, -0.2) is 15.0 Å². The Morgan fingerprint density at radius 3 is 1.52 bits per heavy atom. The molecule has 1 aromatic heterocycles. The van der Waals surface area contributed by atoms with Gasteiger partial charge in [0.2, 0.25) is 0 Å². The van der Waals surface area contributed by atoms with Crippen molar-refractivity contribution in [3.63, 3.8) is 0 Å². The van der Waals surface area contributed by atoms with Crippen LogP contribution in [0.25, 0.3) is 28.1 Å². The zero-order valence-corrected chi connectivity index (χ0v) is 39.6. The molecule has 0 saturated carbocycles. The highest BCUT2D eigenvalue weighted by Crippen LogP contribution is 2.55. The molecule has 0 radical (unpaired) electrons. The van der Waals surface area contributed by atoms with E-state index < -0.39 is 5.79 Å². The minimum Gasteiger partial charge on any atom is -0.493 e. The standard InChI is InChI=1S/C55H56N4O8/c1-31-33-12-10-32-11-13-34-15-17-35(16-14-33)49(31)55(57-50(36-18-22-41(60-2)45(27-36)64-6)51(58-55)37-19-23-42(61-3)46(28-37)65-7)59-53(39-21-25-44(63-5)48(30-39)67-9)52(56-54(59)40(34)26-32)38-20-24-43(62-4)47(29-38)66-8/h11,13-14,16,18-25,27-33H,10,12,15,17,26H2,1-9H3. The van der Waals surface area contributed by atoms with Crippen molar-refractivity contribution in [1.29, 1.82) is 0 Å². The van der Waals surface area contributed by atoms with Gasteiger partial charge in [-0.3, -0.25) is 4.57 Å². The predicted molar refractivity (Wildman–Crippen MR) is 261 cm³/mol. The van der Waals surface area contributed by atoms with Crippen LogP contribution >= 0.6 is 0 Å². The van der Waals surface area contributed by atoms with Crippen molar-refractivity contribution in [2.24, 2.45) is 27.7 Å². The first-order valence-electron chi connectivity index (χ1n) is 22.8. The molecule has 344 valence electrons. The fourth-order valence-corrected chi connectivity index (χ4v) is 10.8. The second-order valence-corrected chi connectivity index (χ2v) is 17.5. The summed E-state index contributed by atoms with van der Waals surface area (Å²) in [6.07, 6.45) is 14.1. The maximum Gasteiger partial charge on any atom is 0.258 e. The molecule has 12 nitrogen and oxygen atoms in total. The maximum atomic E-state index is 6.14. The Hall–Kier alpha value is -7.21.